The Morgan fingerprint density at radius 3 is 3.16 bits per heavy atom. The van der Waals surface area contributed by atoms with Crippen LogP contribution in [0.15, 0.2) is 29.1 Å². The molecule has 1 aliphatic rings. The van der Waals surface area contributed by atoms with Gasteiger partial charge in [-0.3, -0.25) is 4.90 Å². The number of nitrogens with zero attached hydrogens (tertiary/aromatic N) is 3. The summed E-state index contributed by atoms with van der Waals surface area (Å²) >= 11 is 8.55. The van der Waals surface area contributed by atoms with Gasteiger partial charge in [-0.05, 0) is 39.8 Å². The number of hydrogen-bond donors (Lipinski definition) is 1. The van der Waals surface area contributed by atoms with Gasteiger partial charge in [-0.15, -0.1) is 0 Å². The molecule has 2 aromatic rings. The van der Waals surface area contributed by atoms with Crippen molar-refractivity contribution in [2.24, 2.45) is 0 Å². The monoisotopic (exact) mass is 336 g/mol. The molecule has 0 bridgehead atoms. The van der Waals surface area contributed by atoms with Crippen molar-refractivity contribution in [1.82, 2.24) is 19.9 Å². The van der Waals surface area contributed by atoms with Gasteiger partial charge in [0.25, 0.3) is 0 Å². The molecule has 0 amide bonds. The lowest BCUT2D eigenvalue weighted by Crippen LogP contribution is -2.31. The van der Waals surface area contributed by atoms with Gasteiger partial charge in [0.05, 0.1) is 0 Å². The fourth-order valence-corrected chi connectivity index (χ4v) is 2.87. The predicted octanol–water partition coefficient (Wildman–Crippen LogP) is 2.85. The van der Waals surface area contributed by atoms with Crippen LogP contribution in [-0.4, -0.2) is 26.4 Å². The number of aromatic nitrogens is 3. The Kier molecular flexibility index (Phi) is 3.72. The van der Waals surface area contributed by atoms with Gasteiger partial charge in [0.2, 0.25) is 0 Å². The fourth-order valence-electron chi connectivity index (χ4n) is 2.32. The number of aromatic amines is 1. The van der Waals surface area contributed by atoms with Crippen LogP contribution in [-0.2, 0) is 19.5 Å². The average Bonchev–Trinajstić information content (AvgIpc) is 2.41. The third-order valence-corrected chi connectivity index (χ3v) is 4.21. The van der Waals surface area contributed by atoms with E-state index in [1.54, 1.807) is 6.20 Å². The molecule has 0 unspecified atom stereocenters. The Bertz CT molecular complexity index is 655. The summed E-state index contributed by atoms with van der Waals surface area (Å²) in [4.78, 5) is 14.0. The van der Waals surface area contributed by atoms with Gasteiger partial charge < -0.3 is 4.98 Å². The molecule has 1 N–H and O–H groups in total. The second-order valence-corrected chi connectivity index (χ2v) is 5.74. The molecule has 98 valence electrons. The first-order valence-corrected chi connectivity index (χ1v) is 7.31. The van der Waals surface area contributed by atoms with E-state index in [1.165, 1.54) is 16.8 Å². The summed E-state index contributed by atoms with van der Waals surface area (Å²) in [6.45, 7) is 2.81. The van der Waals surface area contributed by atoms with E-state index in [1.807, 2.05) is 12.3 Å². The summed E-state index contributed by atoms with van der Waals surface area (Å²) in [5.74, 6) is 0. The summed E-state index contributed by atoms with van der Waals surface area (Å²) in [5, 5.41) is 0. The number of halogens is 1. The largest absolute Gasteiger partial charge is 0.334 e. The second kappa shape index (κ2) is 5.48. The molecule has 1 aliphatic heterocycles. The highest BCUT2D eigenvalue weighted by atomic mass is 79.9. The van der Waals surface area contributed by atoms with Crippen molar-refractivity contribution in [3.05, 3.63) is 50.7 Å². The quantitative estimate of drug-likeness (QED) is 0.676. The normalized spacial score (nSPS) is 15.2. The standard InChI is InChI=1S/C13H13BrN4S/c14-12-9(2-1-4-15-12)7-18-5-3-11-10(8-18)6-16-13(19)17-11/h1-2,4,6H,3,5,7-8H2,(H,16,17,19). The van der Waals surface area contributed by atoms with E-state index in [0.29, 0.717) is 4.77 Å². The van der Waals surface area contributed by atoms with Crippen molar-refractivity contribution >= 4 is 28.1 Å². The van der Waals surface area contributed by atoms with Crippen LogP contribution >= 0.6 is 28.1 Å². The Labute approximate surface area is 125 Å². The summed E-state index contributed by atoms with van der Waals surface area (Å²) in [5.41, 5.74) is 3.67. The summed E-state index contributed by atoms with van der Waals surface area (Å²) in [6, 6.07) is 4.07. The van der Waals surface area contributed by atoms with Crippen LogP contribution in [0.1, 0.15) is 16.8 Å². The van der Waals surface area contributed by atoms with Crippen molar-refractivity contribution in [3.63, 3.8) is 0 Å². The smallest absolute Gasteiger partial charge is 0.196 e. The minimum atomic E-state index is 0.571. The lowest BCUT2D eigenvalue weighted by molar-refractivity contribution is 0.242. The number of hydrogen-bond acceptors (Lipinski definition) is 4. The molecule has 0 fully saturated rings. The lowest BCUT2D eigenvalue weighted by atomic mass is 10.1. The molecule has 2 aromatic heterocycles. The van der Waals surface area contributed by atoms with Crippen molar-refractivity contribution < 1.29 is 0 Å². The van der Waals surface area contributed by atoms with E-state index in [2.05, 4.69) is 41.8 Å². The van der Waals surface area contributed by atoms with Crippen molar-refractivity contribution in [2.75, 3.05) is 6.54 Å². The van der Waals surface area contributed by atoms with Crippen molar-refractivity contribution in [1.29, 1.82) is 0 Å². The molecule has 4 nitrogen and oxygen atoms in total. The Morgan fingerprint density at radius 2 is 2.32 bits per heavy atom. The first-order valence-electron chi connectivity index (χ1n) is 6.11. The van der Waals surface area contributed by atoms with Crippen LogP contribution in [0, 0.1) is 4.77 Å². The van der Waals surface area contributed by atoms with Crippen LogP contribution in [0.25, 0.3) is 0 Å². The van der Waals surface area contributed by atoms with E-state index < -0.39 is 0 Å². The van der Waals surface area contributed by atoms with Gasteiger partial charge in [0.15, 0.2) is 4.77 Å². The van der Waals surface area contributed by atoms with Crippen molar-refractivity contribution in [2.45, 2.75) is 19.5 Å². The number of rotatable bonds is 2. The minimum absolute atomic E-state index is 0.571. The van der Waals surface area contributed by atoms with Gasteiger partial charge in [-0.1, -0.05) is 6.07 Å². The maximum Gasteiger partial charge on any atom is 0.196 e. The van der Waals surface area contributed by atoms with Crippen molar-refractivity contribution in [3.8, 4) is 0 Å². The summed E-state index contributed by atoms with van der Waals surface area (Å²) < 4.78 is 1.49. The van der Waals surface area contributed by atoms with E-state index >= 15 is 0 Å². The molecule has 0 saturated carbocycles. The van der Waals surface area contributed by atoms with Crippen LogP contribution in [0.3, 0.4) is 0 Å². The highest BCUT2D eigenvalue weighted by molar-refractivity contribution is 9.10. The zero-order valence-electron chi connectivity index (χ0n) is 10.3. The van der Waals surface area contributed by atoms with Crippen LogP contribution in [0.4, 0.5) is 0 Å². The van der Waals surface area contributed by atoms with Gasteiger partial charge in [-0.25, -0.2) is 9.97 Å². The highest BCUT2D eigenvalue weighted by Crippen LogP contribution is 2.20. The molecule has 0 radical (unpaired) electrons. The second-order valence-electron chi connectivity index (χ2n) is 4.61. The van der Waals surface area contributed by atoms with Gasteiger partial charge in [0, 0.05) is 49.7 Å². The predicted molar refractivity (Wildman–Crippen MR) is 79.2 cm³/mol. The number of fused-ring (bicyclic) bond motifs is 1. The Hall–Kier alpha value is -1.11. The molecular formula is C13H13BrN4S. The van der Waals surface area contributed by atoms with E-state index in [9.17, 15) is 0 Å². The topological polar surface area (TPSA) is 44.8 Å². The first-order chi connectivity index (χ1) is 9.22. The molecule has 0 atom stereocenters. The number of pyridine rings is 1. The first kappa shape index (κ1) is 12.9. The molecule has 19 heavy (non-hydrogen) atoms. The molecule has 6 heteroatoms. The number of H-pyrrole nitrogens is 1. The molecule has 0 aromatic carbocycles. The maximum atomic E-state index is 5.05. The number of nitrogens with one attached hydrogen (secondary N) is 1. The van der Waals surface area contributed by atoms with Gasteiger partial charge in [-0.2, -0.15) is 0 Å². The zero-order chi connectivity index (χ0) is 13.2. The van der Waals surface area contributed by atoms with Crippen LogP contribution < -0.4 is 0 Å². The molecule has 0 aliphatic carbocycles. The molecule has 3 heterocycles. The maximum absolute atomic E-state index is 5.05. The van der Waals surface area contributed by atoms with E-state index in [-0.39, 0.29) is 0 Å². The zero-order valence-corrected chi connectivity index (χ0v) is 12.7. The molecule has 3 rings (SSSR count). The molecular weight excluding hydrogens is 324 g/mol. The Morgan fingerprint density at radius 1 is 1.42 bits per heavy atom. The third-order valence-electron chi connectivity index (χ3n) is 3.29. The SMILES string of the molecule is S=c1ncc2c([nH]1)CCN(Cc1cccnc1Br)C2. The summed E-state index contributed by atoms with van der Waals surface area (Å²) in [7, 11) is 0. The van der Waals surface area contributed by atoms with E-state index in [0.717, 1.165) is 30.7 Å². The van der Waals surface area contributed by atoms with Crippen LogP contribution in [0.5, 0.6) is 0 Å². The average molecular weight is 337 g/mol. The van der Waals surface area contributed by atoms with Crippen LogP contribution in [0.2, 0.25) is 0 Å². The Balaban J connectivity index is 1.78. The summed E-state index contributed by atoms with van der Waals surface area (Å²) in [6.07, 6.45) is 4.67. The van der Waals surface area contributed by atoms with Gasteiger partial charge in [0.1, 0.15) is 4.60 Å². The van der Waals surface area contributed by atoms with Gasteiger partial charge >= 0.3 is 0 Å². The highest BCUT2D eigenvalue weighted by Gasteiger charge is 2.17. The minimum Gasteiger partial charge on any atom is -0.334 e. The molecule has 0 saturated heterocycles. The molecule has 0 spiro atoms. The fraction of sp³-hybridized carbons (Fsp3) is 0.308. The lowest BCUT2D eigenvalue weighted by Gasteiger charge is -2.28. The third kappa shape index (κ3) is 2.91. The van der Waals surface area contributed by atoms with E-state index in [4.69, 9.17) is 12.2 Å².